The second kappa shape index (κ2) is 3.91. The van der Waals surface area contributed by atoms with Crippen molar-refractivity contribution in [3.63, 3.8) is 0 Å². The smallest absolute Gasteiger partial charge is 0.157 e. The Hall–Kier alpha value is -1.30. The van der Waals surface area contributed by atoms with Crippen LogP contribution >= 0.6 is 11.6 Å². The minimum atomic E-state index is -0.376. The van der Waals surface area contributed by atoms with Gasteiger partial charge in [0.25, 0.3) is 0 Å². The van der Waals surface area contributed by atoms with Crippen molar-refractivity contribution in [3.05, 3.63) is 0 Å². The van der Waals surface area contributed by atoms with Crippen LogP contribution in [-0.4, -0.2) is 29.8 Å². The van der Waals surface area contributed by atoms with E-state index >= 15 is 0 Å². The lowest BCUT2D eigenvalue weighted by molar-refractivity contribution is 0.530. The molecule has 64 valence electrons. The molecule has 0 aromatic carbocycles. The summed E-state index contributed by atoms with van der Waals surface area (Å²) < 4.78 is 0. The highest BCUT2D eigenvalue weighted by Gasteiger charge is 2.14. The van der Waals surface area contributed by atoms with Crippen molar-refractivity contribution in [2.24, 2.45) is 15.2 Å². The van der Waals surface area contributed by atoms with Crippen LogP contribution in [0.1, 0.15) is 0 Å². The Morgan fingerprint density at radius 1 is 1.75 bits per heavy atom. The highest BCUT2D eigenvalue weighted by atomic mass is 35.5. The van der Waals surface area contributed by atoms with E-state index in [4.69, 9.17) is 22.5 Å². The zero-order chi connectivity index (χ0) is 8.97. The highest BCUT2D eigenvalue weighted by molar-refractivity contribution is 6.90. The molecule has 12 heavy (non-hydrogen) atoms. The molecular formula is C5H7ClN6. The van der Waals surface area contributed by atoms with Crippen molar-refractivity contribution in [1.29, 1.82) is 10.9 Å². The third-order valence-corrected chi connectivity index (χ3v) is 1.56. The van der Waals surface area contributed by atoms with E-state index in [1.165, 1.54) is 0 Å². The molecule has 0 aromatic heterocycles. The molecule has 0 amide bonds. The lowest BCUT2D eigenvalue weighted by Gasteiger charge is -2.13. The molecular weight excluding hydrogens is 180 g/mol. The molecule has 1 aliphatic heterocycles. The van der Waals surface area contributed by atoms with E-state index in [9.17, 15) is 0 Å². The van der Waals surface area contributed by atoms with Crippen molar-refractivity contribution >= 4 is 28.7 Å². The summed E-state index contributed by atoms with van der Waals surface area (Å²) in [6.07, 6.45) is 0.665. The fourth-order valence-corrected chi connectivity index (χ4v) is 0.975. The summed E-state index contributed by atoms with van der Waals surface area (Å²) in [6, 6.07) is 0. The second-order valence-corrected chi connectivity index (χ2v) is 2.40. The molecule has 0 saturated carbocycles. The highest BCUT2D eigenvalue weighted by Crippen LogP contribution is 2.01. The monoisotopic (exact) mass is 186 g/mol. The summed E-state index contributed by atoms with van der Waals surface area (Å²) in [4.78, 5) is 7.83. The maximum Gasteiger partial charge on any atom is 0.157 e. The van der Waals surface area contributed by atoms with E-state index in [1.807, 2.05) is 0 Å². The van der Waals surface area contributed by atoms with Crippen LogP contribution in [-0.2, 0) is 0 Å². The fourth-order valence-electron chi connectivity index (χ4n) is 0.743. The van der Waals surface area contributed by atoms with Gasteiger partial charge in [-0.05, 0) is 0 Å². The lowest BCUT2D eigenvalue weighted by Crippen LogP contribution is -2.31. The Labute approximate surface area is 73.7 Å². The van der Waals surface area contributed by atoms with E-state index in [2.05, 4.69) is 20.6 Å². The van der Waals surface area contributed by atoms with Gasteiger partial charge in [0, 0.05) is 6.21 Å². The Bertz CT molecular complexity index is 257. The third kappa shape index (κ3) is 1.85. The molecule has 6 nitrogen and oxygen atoms in total. The van der Waals surface area contributed by atoms with Crippen LogP contribution in [0.5, 0.6) is 0 Å². The summed E-state index contributed by atoms with van der Waals surface area (Å²) >= 11 is 5.64. The average molecular weight is 187 g/mol. The van der Waals surface area contributed by atoms with Crippen LogP contribution in [0.2, 0.25) is 0 Å². The van der Waals surface area contributed by atoms with Crippen LogP contribution < -0.4 is 5.43 Å². The second-order valence-electron chi connectivity index (χ2n) is 2.05. The summed E-state index contributed by atoms with van der Waals surface area (Å²) in [5, 5.41) is 10.0. The molecule has 0 fully saturated rings. The van der Waals surface area contributed by atoms with Crippen LogP contribution in [0.4, 0.5) is 0 Å². The maximum absolute atomic E-state index is 6.89. The predicted molar refractivity (Wildman–Crippen MR) is 46.4 cm³/mol. The summed E-state index contributed by atoms with van der Waals surface area (Å²) in [5.41, 5.74) is 9.27. The van der Waals surface area contributed by atoms with Gasteiger partial charge in [-0.15, -0.1) is 0 Å². The van der Waals surface area contributed by atoms with Crippen LogP contribution in [0, 0.1) is 10.9 Å². The minimum absolute atomic E-state index is 0.178. The number of nitrogens with one attached hydrogen (secondary N) is 3. The molecule has 7 heteroatoms. The molecule has 0 radical (unpaired) electrons. The first-order chi connectivity index (χ1) is 5.77. The summed E-state index contributed by atoms with van der Waals surface area (Å²) in [7, 11) is 0. The molecule has 0 aliphatic carbocycles. The Kier molecular flexibility index (Phi) is 2.87. The number of nitrogens with zero attached hydrogens (tertiary/aromatic N) is 3. The first-order valence-corrected chi connectivity index (χ1v) is 3.56. The van der Waals surface area contributed by atoms with Gasteiger partial charge in [-0.2, -0.15) is 5.53 Å². The number of hydrogen-bond donors (Lipinski definition) is 3. The predicted octanol–water partition coefficient (Wildman–Crippen LogP) is 0.590. The van der Waals surface area contributed by atoms with Gasteiger partial charge in [0.2, 0.25) is 0 Å². The number of hydrogen-bond acceptors (Lipinski definition) is 5. The zero-order valence-electron chi connectivity index (χ0n) is 6.08. The van der Waals surface area contributed by atoms with Crippen molar-refractivity contribution in [3.8, 4) is 0 Å². The van der Waals surface area contributed by atoms with Gasteiger partial charge < -0.3 is 5.41 Å². The molecule has 1 atom stereocenters. The van der Waals surface area contributed by atoms with Crippen molar-refractivity contribution in [2.45, 2.75) is 6.17 Å². The van der Waals surface area contributed by atoms with Crippen molar-refractivity contribution in [1.82, 2.24) is 5.43 Å². The van der Waals surface area contributed by atoms with Crippen LogP contribution in [0.25, 0.3) is 0 Å². The van der Waals surface area contributed by atoms with Gasteiger partial charge in [0.05, 0.1) is 6.54 Å². The van der Waals surface area contributed by atoms with E-state index in [0.29, 0.717) is 12.3 Å². The molecule has 1 aliphatic rings. The Morgan fingerprint density at radius 3 is 3.00 bits per heavy atom. The molecule has 0 aromatic rings. The standard InChI is InChI=1S/C5H7ClN6/c6-5-3(1-7)9-2-4(10-5)11-12-8/h1,4,7H,2H2,(H2,8,11). The first-order valence-electron chi connectivity index (χ1n) is 3.18. The van der Waals surface area contributed by atoms with E-state index < -0.39 is 0 Å². The third-order valence-electron chi connectivity index (χ3n) is 1.27. The SMILES string of the molecule is N=CC1=NCC(NN=N)N=C1Cl. The fraction of sp³-hybridized carbons (Fsp3) is 0.400. The largest absolute Gasteiger partial charge is 0.306 e. The van der Waals surface area contributed by atoms with E-state index in [-0.39, 0.29) is 11.3 Å². The van der Waals surface area contributed by atoms with Gasteiger partial charge >= 0.3 is 0 Å². The number of halogens is 1. The Balaban J connectivity index is 2.68. The Morgan fingerprint density at radius 2 is 2.50 bits per heavy atom. The van der Waals surface area contributed by atoms with Gasteiger partial charge in [-0.25, -0.2) is 4.99 Å². The van der Waals surface area contributed by atoms with Gasteiger partial charge in [0.1, 0.15) is 5.71 Å². The topological polar surface area (TPSA) is 96.8 Å². The molecule has 0 bridgehead atoms. The first kappa shape index (κ1) is 8.79. The molecule has 1 heterocycles. The van der Waals surface area contributed by atoms with Gasteiger partial charge in [0.15, 0.2) is 11.3 Å². The van der Waals surface area contributed by atoms with E-state index in [0.717, 1.165) is 6.21 Å². The van der Waals surface area contributed by atoms with Crippen LogP contribution in [0.3, 0.4) is 0 Å². The van der Waals surface area contributed by atoms with Crippen molar-refractivity contribution < 1.29 is 0 Å². The molecule has 0 saturated heterocycles. The quantitative estimate of drug-likeness (QED) is 0.336. The lowest BCUT2D eigenvalue weighted by atomic mass is 10.3. The van der Waals surface area contributed by atoms with Crippen LogP contribution in [0.15, 0.2) is 15.2 Å². The zero-order valence-corrected chi connectivity index (χ0v) is 6.84. The number of rotatable bonds is 3. The van der Waals surface area contributed by atoms with Crippen molar-refractivity contribution in [2.75, 3.05) is 6.54 Å². The molecule has 3 N–H and O–H groups in total. The maximum atomic E-state index is 6.89. The summed E-state index contributed by atoms with van der Waals surface area (Å²) in [6.45, 7) is 0.351. The molecule has 1 unspecified atom stereocenters. The van der Waals surface area contributed by atoms with E-state index in [1.54, 1.807) is 0 Å². The van der Waals surface area contributed by atoms with Gasteiger partial charge in [-0.1, -0.05) is 16.8 Å². The molecule has 1 rings (SSSR count). The minimum Gasteiger partial charge on any atom is -0.306 e. The number of aliphatic imine (C=N–C) groups is 2. The summed E-state index contributed by atoms with van der Waals surface area (Å²) in [5.74, 6) is 0. The van der Waals surface area contributed by atoms with Gasteiger partial charge in [-0.3, -0.25) is 10.4 Å². The average Bonchev–Trinajstić information content (AvgIpc) is 2.05. The molecule has 0 spiro atoms. The normalized spacial score (nSPS) is 22.2.